The number of hydrogen-bond donors (Lipinski definition) is 0. The number of ether oxygens (including phenoxy) is 1. The maximum Gasteiger partial charge on any atom is 0.307 e. The van der Waals surface area contributed by atoms with Crippen LogP contribution in [-0.4, -0.2) is 60.6 Å². The lowest BCUT2D eigenvalue weighted by atomic mass is 10.0. The topological polar surface area (TPSA) is 45.7 Å². The summed E-state index contributed by atoms with van der Waals surface area (Å²) in [5.74, 6) is -0.139. The van der Waals surface area contributed by atoms with Crippen LogP contribution in [-0.2, 0) is 9.53 Å². The first-order valence-corrected chi connectivity index (χ1v) is 7.19. The van der Waals surface area contributed by atoms with Crippen molar-refractivity contribution in [1.29, 1.82) is 0 Å². The molecule has 5 heteroatoms. The maximum absolute atomic E-state index is 11.9. The summed E-state index contributed by atoms with van der Waals surface area (Å²) in [6.45, 7) is 6.26. The zero-order chi connectivity index (χ0) is 14.4. The molecule has 0 aliphatic carbocycles. The lowest BCUT2D eigenvalue weighted by molar-refractivity contribution is -0.144. The highest BCUT2D eigenvalue weighted by atomic mass is 16.5. The Kier molecular flexibility index (Phi) is 5.49. The van der Waals surface area contributed by atoms with Crippen LogP contribution in [0, 0.1) is 0 Å². The number of likely N-dealkylation sites (N-methyl/N-ethyl adjacent to an activating group) is 1. The molecule has 1 fully saturated rings. The van der Waals surface area contributed by atoms with Crippen molar-refractivity contribution in [3.05, 3.63) is 30.1 Å². The number of pyridine rings is 1. The van der Waals surface area contributed by atoms with Crippen molar-refractivity contribution in [2.24, 2.45) is 0 Å². The van der Waals surface area contributed by atoms with E-state index >= 15 is 0 Å². The summed E-state index contributed by atoms with van der Waals surface area (Å²) in [6.07, 6.45) is 4.00. The fraction of sp³-hybridized carbons (Fsp3) is 0.600. The van der Waals surface area contributed by atoms with Gasteiger partial charge in [0.2, 0.25) is 0 Å². The number of carbonyl (C=O) groups excluding carboxylic acids is 1. The van der Waals surface area contributed by atoms with Crippen LogP contribution in [0.5, 0.6) is 0 Å². The first-order valence-electron chi connectivity index (χ1n) is 7.19. The molecule has 2 heterocycles. The molecule has 5 nitrogen and oxygen atoms in total. The van der Waals surface area contributed by atoms with E-state index in [1.807, 2.05) is 25.3 Å². The number of nitrogens with zero attached hydrogens (tertiary/aromatic N) is 3. The summed E-state index contributed by atoms with van der Waals surface area (Å²) in [5.41, 5.74) is 1.09. The first kappa shape index (κ1) is 14.9. The Balaban J connectivity index is 2.09. The molecule has 0 N–H and O–H groups in total. The Morgan fingerprint density at radius 2 is 2.15 bits per heavy atom. The van der Waals surface area contributed by atoms with E-state index in [2.05, 4.69) is 21.8 Å². The van der Waals surface area contributed by atoms with Gasteiger partial charge in [0, 0.05) is 44.6 Å². The number of piperazine rings is 1. The molecular formula is C15H23N3O2. The largest absolute Gasteiger partial charge is 0.466 e. The van der Waals surface area contributed by atoms with Crippen LogP contribution < -0.4 is 0 Å². The molecular weight excluding hydrogens is 254 g/mol. The molecule has 0 amide bonds. The molecule has 0 bridgehead atoms. The van der Waals surface area contributed by atoms with Crippen LogP contribution in [0.25, 0.3) is 0 Å². The molecule has 20 heavy (non-hydrogen) atoms. The number of hydrogen-bond acceptors (Lipinski definition) is 5. The SMILES string of the molecule is CCOC(=O)CC(c1cccnc1)N1CCN(C)CC1. The zero-order valence-electron chi connectivity index (χ0n) is 12.3. The number of carbonyl (C=O) groups is 1. The van der Waals surface area contributed by atoms with Crippen LogP contribution in [0.2, 0.25) is 0 Å². The van der Waals surface area contributed by atoms with Gasteiger partial charge < -0.3 is 9.64 Å². The second-order valence-electron chi connectivity index (χ2n) is 5.15. The van der Waals surface area contributed by atoms with Gasteiger partial charge in [-0.05, 0) is 25.6 Å². The smallest absolute Gasteiger partial charge is 0.307 e. The van der Waals surface area contributed by atoms with Gasteiger partial charge in [0.15, 0.2) is 0 Å². The number of aromatic nitrogens is 1. The minimum atomic E-state index is -0.139. The van der Waals surface area contributed by atoms with Crippen molar-refractivity contribution in [3.8, 4) is 0 Å². The second-order valence-corrected chi connectivity index (χ2v) is 5.15. The molecule has 1 saturated heterocycles. The quantitative estimate of drug-likeness (QED) is 0.760. The lowest BCUT2D eigenvalue weighted by Gasteiger charge is -2.37. The molecule has 1 unspecified atom stereocenters. The van der Waals surface area contributed by atoms with Crippen molar-refractivity contribution < 1.29 is 9.53 Å². The van der Waals surface area contributed by atoms with Crippen molar-refractivity contribution in [2.45, 2.75) is 19.4 Å². The lowest BCUT2D eigenvalue weighted by Crippen LogP contribution is -2.46. The van der Waals surface area contributed by atoms with Crippen molar-refractivity contribution in [1.82, 2.24) is 14.8 Å². The molecule has 1 aliphatic heterocycles. The minimum absolute atomic E-state index is 0.0662. The van der Waals surface area contributed by atoms with E-state index in [1.54, 1.807) is 6.20 Å². The molecule has 1 aliphatic rings. The van der Waals surface area contributed by atoms with E-state index in [-0.39, 0.29) is 12.0 Å². The summed E-state index contributed by atoms with van der Waals surface area (Å²) < 4.78 is 5.11. The molecule has 0 aromatic carbocycles. The predicted molar refractivity (Wildman–Crippen MR) is 77.3 cm³/mol. The van der Waals surface area contributed by atoms with E-state index in [9.17, 15) is 4.79 Å². The molecule has 0 saturated carbocycles. The van der Waals surface area contributed by atoms with Gasteiger partial charge in [0.25, 0.3) is 0 Å². The molecule has 1 aromatic heterocycles. The molecule has 0 spiro atoms. The van der Waals surface area contributed by atoms with Gasteiger partial charge in [-0.1, -0.05) is 6.07 Å². The first-order chi connectivity index (χ1) is 9.70. The third-order valence-electron chi connectivity index (χ3n) is 3.71. The molecule has 0 radical (unpaired) electrons. The maximum atomic E-state index is 11.9. The Bertz CT molecular complexity index is 416. The standard InChI is InChI=1S/C15H23N3O2/c1-3-20-15(19)11-14(13-5-4-6-16-12-13)18-9-7-17(2)8-10-18/h4-6,12,14H,3,7-11H2,1-2H3. The van der Waals surface area contributed by atoms with Crippen molar-refractivity contribution >= 4 is 5.97 Å². The van der Waals surface area contributed by atoms with Gasteiger partial charge in [0.05, 0.1) is 13.0 Å². The van der Waals surface area contributed by atoms with Gasteiger partial charge >= 0.3 is 5.97 Å². The highest BCUT2D eigenvalue weighted by molar-refractivity contribution is 5.70. The van der Waals surface area contributed by atoms with Crippen LogP contribution in [0.4, 0.5) is 0 Å². The monoisotopic (exact) mass is 277 g/mol. The van der Waals surface area contributed by atoms with E-state index in [0.717, 1.165) is 31.7 Å². The number of esters is 1. The molecule has 1 aromatic rings. The number of rotatable bonds is 5. The fourth-order valence-corrected chi connectivity index (χ4v) is 2.54. The molecule has 110 valence electrons. The Hall–Kier alpha value is -1.46. The highest BCUT2D eigenvalue weighted by Crippen LogP contribution is 2.25. The zero-order valence-corrected chi connectivity index (χ0v) is 12.3. The highest BCUT2D eigenvalue weighted by Gasteiger charge is 2.26. The Labute approximate surface area is 120 Å². The average molecular weight is 277 g/mol. The minimum Gasteiger partial charge on any atom is -0.466 e. The third-order valence-corrected chi connectivity index (χ3v) is 3.71. The summed E-state index contributed by atoms with van der Waals surface area (Å²) in [4.78, 5) is 20.7. The fourth-order valence-electron chi connectivity index (χ4n) is 2.54. The average Bonchev–Trinajstić information content (AvgIpc) is 2.47. The van der Waals surface area contributed by atoms with Crippen LogP contribution in [0.3, 0.4) is 0 Å². The van der Waals surface area contributed by atoms with Gasteiger partial charge in [-0.2, -0.15) is 0 Å². The van der Waals surface area contributed by atoms with Crippen LogP contribution in [0.15, 0.2) is 24.5 Å². The van der Waals surface area contributed by atoms with E-state index in [0.29, 0.717) is 13.0 Å². The summed E-state index contributed by atoms with van der Waals surface area (Å²) in [7, 11) is 2.13. The van der Waals surface area contributed by atoms with E-state index < -0.39 is 0 Å². The summed E-state index contributed by atoms with van der Waals surface area (Å²) in [6, 6.07) is 4.02. The normalized spacial score (nSPS) is 18.7. The van der Waals surface area contributed by atoms with Gasteiger partial charge in [0.1, 0.15) is 0 Å². The molecule has 1 atom stereocenters. The van der Waals surface area contributed by atoms with E-state index in [4.69, 9.17) is 4.74 Å². The van der Waals surface area contributed by atoms with Crippen molar-refractivity contribution in [2.75, 3.05) is 39.8 Å². The second kappa shape index (κ2) is 7.36. The summed E-state index contributed by atoms with van der Waals surface area (Å²) >= 11 is 0. The van der Waals surface area contributed by atoms with Gasteiger partial charge in [-0.3, -0.25) is 14.7 Å². The van der Waals surface area contributed by atoms with Gasteiger partial charge in [-0.25, -0.2) is 0 Å². The molecule has 2 rings (SSSR count). The third kappa shape index (κ3) is 4.02. The van der Waals surface area contributed by atoms with E-state index in [1.165, 1.54) is 0 Å². The van der Waals surface area contributed by atoms with Gasteiger partial charge in [-0.15, -0.1) is 0 Å². The van der Waals surface area contributed by atoms with Crippen LogP contribution in [0.1, 0.15) is 24.9 Å². The van der Waals surface area contributed by atoms with Crippen LogP contribution >= 0.6 is 0 Å². The Morgan fingerprint density at radius 3 is 2.75 bits per heavy atom. The van der Waals surface area contributed by atoms with Crippen molar-refractivity contribution in [3.63, 3.8) is 0 Å². The Morgan fingerprint density at radius 1 is 1.40 bits per heavy atom. The predicted octanol–water partition coefficient (Wildman–Crippen LogP) is 1.32. The summed E-state index contributed by atoms with van der Waals surface area (Å²) in [5, 5.41) is 0.